The van der Waals surface area contributed by atoms with Crippen molar-refractivity contribution in [3.8, 4) is 0 Å². The number of alkyl halides is 1. The predicted molar refractivity (Wildman–Crippen MR) is 51.7 cm³/mol. The first-order valence-corrected chi connectivity index (χ1v) is 5.27. The van der Waals surface area contributed by atoms with Gasteiger partial charge in [-0.3, -0.25) is 0 Å². The molecule has 0 spiro atoms. The van der Waals surface area contributed by atoms with Gasteiger partial charge in [-0.15, -0.1) is 0 Å². The quantitative estimate of drug-likeness (QED) is 0.518. The minimum atomic E-state index is -0.586. The van der Waals surface area contributed by atoms with E-state index in [-0.39, 0.29) is 17.0 Å². The van der Waals surface area contributed by atoms with E-state index in [2.05, 4.69) is 15.9 Å². The molecule has 0 aromatic heterocycles. The molecule has 1 aliphatic heterocycles. The van der Waals surface area contributed by atoms with Gasteiger partial charge in [-0.25, -0.2) is 0 Å². The second kappa shape index (κ2) is 3.05. The lowest BCUT2D eigenvalue weighted by Gasteiger charge is -2.27. The van der Waals surface area contributed by atoms with Gasteiger partial charge in [0.2, 0.25) is 0 Å². The van der Waals surface area contributed by atoms with Crippen LogP contribution in [-0.2, 0) is 9.47 Å². The van der Waals surface area contributed by atoms with Gasteiger partial charge in [0.05, 0.1) is 10.9 Å². The highest BCUT2D eigenvalue weighted by Gasteiger charge is 2.46. The number of aliphatic hydroxyl groups excluding tert-OH is 1. The van der Waals surface area contributed by atoms with Crippen LogP contribution < -0.4 is 0 Å². The van der Waals surface area contributed by atoms with Gasteiger partial charge in [-0.05, 0) is 13.8 Å². The predicted octanol–water partition coefficient (Wildman–Crippen LogP) is 1.20. The summed E-state index contributed by atoms with van der Waals surface area (Å²) in [6.07, 6.45) is 2.95. The van der Waals surface area contributed by atoms with Gasteiger partial charge in [0.25, 0.3) is 0 Å². The van der Waals surface area contributed by atoms with Crippen LogP contribution in [0.3, 0.4) is 0 Å². The van der Waals surface area contributed by atoms with Gasteiger partial charge < -0.3 is 14.6 Å². The van der Waals surface area contributed by atoms with E-state index < -0.39 is 11.9 Å². The molecule has 3 nitrogen and oxygen atoms in total. The number of aliphatic hydroxyl groups is 1. The van der Waals surface area contributed by atoms with Crippen LogP contribution in [-0.4, -0.2) is 34.0 Å². The summed E-state index contributed by atoms with van der Waals surface area (Å²) < 4.78 is 11.2. The van der Waals surface area contributed by atoms with Crippen molar-refractivity contribution in [2.75, 3.05) is 0 Å². The van der Waals surface area contributed by atoms with E-state index in [1.54, 1.807) is 0 Å². The third kappa shape index (κ3) is 1.68. The maximum absolute atomic E-state index is 9.78. The summed E-state index contributed by atoms with van der Waals surface area (Å²) in [6, 6.07) is 0. The lowest BCUT2D eigenvalue weighted by molar-refractivity contribution is -0.151. The molecule has 0 aromatic carbocycles. The standard InChI is InChI=1S/C9H13BrO3/c1-9(2)12-6-4-3-5(10)7(11)8(6)13-9/h3-8,11H,1-2H3/t5-,6-,7+,8-/m1/s1. The molecule has 1 fully saturated rings. The topological polar surface area (TPSA) is 38.7 Å². The minimum absolute atomic E-state index is 0.0359. The number of hydrogen-bond acceptors (Lipinski definition) is 3. The lowest BCUT2D eigenvalue weighted by Crippen LogP contribution is -2.42. The summed E-state index contributed by atoms with van der Waals surface area (Å²) in [7, 11) is 0. The summed E-state index contributed by atoms with van der Waals surface area (Å²) in [5.41, 5.74) is 0. The maximum atomic E-state index is 9.78. The first kappa shape index (κ1) is 9.65. The molecular formula is C9H13BrO3. The molecule has 2 rings (SSSR count). The molecule has 0 saturated carbocycles. The summed E-state index contributed by atoms with van der Waals surface area (Å²) in [4.78, 5) is -0.0359. The number of fused-ring (bicyclic) bond motifs is 1. The van der Waals surface area contributed by atoms with Gasteiger partial charge in [0, 0.05) is 0 Å². The van der Waals surface area contributed by atoms with E-state index in [9.17, 15) is 5.11 Å². The molecule has 1 aliphatic carbocycles. The largest absolute Gasteiger partial charge is 0.389 e. The molecule has 13 heavy (non-hydrogen) atoms. The Morgan fingerprint density at radius 1 is 1.31 bits per heavy atom. The summed E-state index contributed by atoms with van der Waals surface area (Å²) in [5, 5.41) is 9.78. The third-order valence-corrected chi connectivity index (χ3v) is 3.16. The Kier molecular flexibility index (Phi) is 2.27. The van der Waals surface area contributed by atoms with Gasteiger partial charge in [0.1, 0.15) is 12.2 Å². The number of hydrogen-bond donors (Lipinski definition) is 1. The zero-order valence-corrected chi connectivity index (χ0v) is 9.19. The molecule has 1 saturated heterocycles. The molecule has 1 N–H and O–H groups in total. The molecule has 0 aromatic rings. The fourth-order valence-electron chi connectivity index (χ4n) is 1.74. The van der Waals surface area contributed by atoms with Crippen molar-refractivity contribution in [1.82, 2.24) is 0 Å². The van der Waals surface area contributed by atoms with Gasteiger partial charge in [-0.1, -0.05) is 28.1 Å². The van der Waals surface area contributed by atoms with E-state index in [1.165, 1.54) is 0 Å². The fourth-order valence-corrected chi connectivity index (χ4v) is 2.22. The highest BCUT2D eigenvalue weighted by molar-refractivity contribution is 9.09. The van der Waals surface area contributed by atoms with Crippen LogP contribution in [0.25, 0.3) is 0 Å². The summed E-state index contributed by atoms with van der Waals surface area (Å²) in [6.45, 7) is 3.71. The Morgan fingerprint density at radius 3 is 2.69 bits per heavy atom. The lowest BCUT2D eigenvalue weighted by atomic mass is 9.99. The maximum Gasteiger partial charge on any atom is 0.164 e. The number of halogens is 1. The molecule has 2 aliphatic rings. The monoisotopic (exact) mass is 248 g/mol. The molecule has 74 valence electrons. The zero-order chi connectivity index (χ0) is 9.64. The van der Waals surface area contributed by atoms with Crippen molar-refractivity contribution >= 4 is 15.9 Å². The zero-order valence-electron chi connectivity index (χ0n) is 7.61. The highest BCUT2D eigenvalue weighted by Crippen LogP contribution is 2.35. The van der Waals surface area contributed by atoms with Crippen molar-refractivity contribution in [1.29, 1.82) is 0 Å². The third-order valence-electron chi connectivity index (χ3n) is 2.31. The second-order valence-electron chi connectivity index (χ2n) is 3.88. The normalized spacial score (nSPS) is 47.7. The number of ether oxygens (including phenoxy) is 2. The van der Waals surface area contributed by atoms with Crippen LogP contribution in [0.4, 0.5) is 0 Å². The van der Waals surface area contributed by atoms with Crippen LogP contribution in [0.2, 0.25) is 0 Å². The average Bonchev–Trinajstić information content (AvgIpc) is 2.34. The molecule has 0 radical (unpaired) electrons. The van der Waals surface area contributed by atoms with Crippen LogP contribution in [0.15, 0.2) is 12.2 Å². The number of rotatable bonds is 0. The van der Waals surface area contributed by atoms with E-state index in [0.29, 0.717) is 0 Å². The van der Waals surface area contributed by atoms with Crippen LogP contribution in [0, 0.1) is 0 Å². The van der Waals surface area contributed by atoms with Gasteiger partial charge in [0.15, 0.2) is 5.79 Å². The van der Waals surface area contributed by atoms with E-state index in [4.69, 9.17) is 9.47 Å². The van der Waals surface area contributed by atoms with Crippen molar-refractivity contribution in [3.05, 3.63) is 12.2 Å². The molecule has 0 unspecified atom stereocenters. The van der Waals surface area contributed by atoms with E-state index >= 15 is 0 Å². The molecular weight excluding hydrogens is 236 g/mol. The Balaban J connectivity index is 2.19. The Hall–Kier alpha value is 0.1000. The van der Waals surface area contributed by atoms with Crippen molar-refractivity contribution < 1.29 is 14.6 Å². The van der Waals surface area contributed by atoms with Crippen molar-refractivity contribution in [2.24, 2.45) is 0 Å². The Bertz CT molecular complexity index is 239. The Morgan fingerprint density at radius 2 is 2.00 bits per heavy atom. The van der Waals surface area contributed by atoms with E-state index in [0.717, 1.165) is 0 Å². The fraction of sp³-hybridized carbons (Fsp3) is 0.778. The first-order chi connectivity index (χ1) is 5.99. The molecule has 0 bridgehead atoms. The van der Waals surface area contributed by atoms with Crippen LogP contribution in [0.5, 0.6) is 0 Å². The molecule has 1 heterocycles. The van der Waals surface area contributed by atoms with Crippen LogP contribution in [0.1, 0.15) is 13.8 Å². The van der Waals surface area contributed by atoms with Crippen LogP contribution >= 0.6 is 15.9 Å². The second-order valence-corrected chi connectivity index (χ2v) is 4.94. The van der Waals surface area contributed by atoms with Gasteiger partial charge >= 0.3 is 0 Å². The Labute approximate surface area is 85.8 Å². The minimum Gasteiger partial charge on any atom is -0.389 e. The average molecular weight is 249 g/mol. The SMILES string of the molecule is CC1(C)O[C@H]2[C@@H](O)[C@H](Br)C=C[C@H]2O1. The highest BCUT2D eigenvalue weighted by atomic mass is 79.9. The molecule has 4 atom stereocenters. The molecule has 4 heteroatoms. The van der Waals surface area contributed by atoms with Gasteiger partial charge in [-0.2, -0.15) is 0 Å². The van der Waals surface area contributed by atoms with Crippen molar-refractivity contribution in [3.63, 3.8) is 0 Å². The molecule has 0 amide bonds. The summed E-state index contributed by atoms with van der Waals surface area (Å²) in [5.74, 6) is -0.586. The first-order valence-electron chi connectivity index (χ1n) is 4.36. The van der Waals surface area contributed by atoms with E-state index in [1.807, 2.05) is 26.0 Å². The van der Waals surface area contributed by atoms with Crippen molar-refractivity contribution in [2.45, 2.75) is 42.8 Å². The smallest absolute Gasteiger partial charge is 0.164 e. The summed E-state index contributed by atoms with van der Waals surface area (Å²) >= 11 is 3.36.